The lowest BCUT2D eigenvalue weighted by molar-refractivity contribution is -0.119. The van der Waals surface area contributed by atoms with Crippen molar-refractivity contribution in [2.75, 3.05) is 5.43 Å². The van der Waals surface area contributed by atoms with Gasteiger partial charge in [-0.15, -0.1) is 0 Å². The number of nitrogens with one attached hydrogen (secondary N) is 2. The Morgan fingerprint density at radius 2 is 1.52 bits per heavy atom. The number of amides is 1. The molecule has 0 fully saturated rings. The maximum absolute atomic E-state index is 13.7. The quantitative estimate of drug-likeness (QED) is 0.218. The molecule has 0 radical (unpaired) electrons. The van der Waals surface area contributed by atoms with Gasteiger partial charge in [0.05, 0.1) is 12.7 Å². The summed E-state index contributed by atoms with van der Waals surface area (Å²) >= 11 is 0. The van der Waals surface area contributed by atoms with Crippen LogP contribution in [0.5, 0.6) is 0 Å². The van der Waals surface area contributed by atoms with Gasteiger partial charge in [-0.3, -0.25) is 15.6 Å². The Bertz CT molecular complexity index is 1240. The van der Waals surface area contributed by atoms with Gasteiger partial charge in [0.2, 0.25) is 11.7 Å². The number of halogens is 5. The van der Waals surface area contributed by atoms with Crippen molar-refractivity contribution in [2.24, 2.45) is 0 Å². The number of carbonyl (C=O) groups is 1. The molecule has 2 N–H and O–H groups in total. The van der Waals surface area contributed by atoms with Crippen molar-refractivity contribution in [3.63, 3.8) is 0 Å². The van der Waals surface area contributed by atoms with E-state index < -0.39 is 40.7 Å². The largest absolute Gasteiger partial charge is 0.464 e. The van der Waals surface area contributed by atoms with E-state index in [1.165, 1.54) is 6.26 Å². The fraction of sp³-hybridized carbons (Fsp3) is 0.0500. The average molecular weight is 406 g/mol. The minimum Gasteiger partial charge on any atom is -0.464 e. The summed E-state index contributed by atoms with van der Waals surface area (Å²) in [7, 11) is 0. The summed E-state index contributed by atoms with van der Waals surface area (Å²) in [6.45, 7) is 0. The SMILES string of the molecule is O=C(Cc1coc2ccc3ccccc3c12)NNc1c(F)c(F)c(F)c(F)c1F. The van der Waals surface area contributed by atoms with Crippen LogP contribution in [0.25, 0.3) is 21.7 Å². The van der Waals surface area contributed by atoms with Gasteiger partial charge in [-0.1, -0.05) is 30.3 Å². The van der Waals surface area contributed by atoms with Gasteiger partial charge in [-0.2, -0.15) is 0 Å². The van der Waals surface area contributed by atoms with E-state index in [-0.39, 0.29) is 6.42 Å². The molecular formula is C20H11F5N2O2. The molecule has 1 heterocycles. The minimum atomic E-state index is -2.28. The van der Waals surface area contributed by atoms with E-state index in [2.05, 4.69) is 0 Å². The predicted molar refractivity (Wildman–Crippen MR) is 95.4 cm³/mol. The van der Waals surface area contributed by atoms with Crippen LogP contribution < -0.4 is 10.9 Å². The maximum Gasteiger partial charge on any atom is 0.242 e. The van der Waals surface area contributed by atoms with E-state index in [0.29, 0.717) is 16.5 Å². The molecule has 3 aromatic carbocycles. The molecule has 4 aromatic rings. The Hall–Kier alpha value is -3.62. The number of hydrazine groups is 1. The van der Waals surface area contributed by atoms with Crippen LogP contribution in [-0.2, 0) is 11.2 Å². The molecule has 4 rings (SSSR count). The third-order valence-corrected chi connectivity index (χ3v) is 4.43. The van der Waals surface area contributed by atoms with Crippen LogP contribution in [0.15, 0.2) is 47.1 Å². The number of carbonyl (C=O) groups excluding carboxylic acids is 1. The number of hydrogen-bond acceptors (Lipinski definition) is 3. The highest BCUT2D eigenvalue weighted by atomic mass is 19.2. The molecule has 0 bridgehead atoms. The molecule has 148 valence electrons. The molecule has 0 aliphatic heterocycles. The van der Waals surface area contributed by atoms with E-state index in [9.17, 15) is 26.7 Å². The van der Waals surface area contributed by atoms with Crippen molar-refractivity contribution >= 4 is 33.3 Å². The van der Waals surface area contributed by atoms with Crippen LogP contribution in [0, 0.1) is 29.1 Å². The Balaban J connectivity index is 1.58. The van der Waals surface area contributed by atoms with Crippen LogP contribution >= 0.6 is 0 Å². The standard InChI is InChI=1S/C20H11F5N2O2/c21-15-16(22)18(24)20(19(25)17(15)23)27-26-13(28)7-10-8-29-12-6-5-9-3-1-2-4-11(9)14(10)12/h1-6,8,27H,7H2,(H,26,28). The Morgan fingerprint density at radius 3 is 2.24 bits per heavy atom. The van der Waals surface area contributed by atoms with E-state index >= 15 is 0 Å². The summed E-state index contributed by atoms with van der Waals surface area (Å²) in [5, 5.41) is 2.45. The minimum absolute atomic E-state index is 0.261. The fourth-order valence-corrected chi connectivity index (χ4v) is 3.07. The molecular weight excluding hydrogens is 395 g/mol. The first-order valence-electron chi connectivity index (χ1n) is 8.32. The van der Waals surface area contributed by atoms with Gasteiger partial charge >= 0.3 is 0 Å². The first-order chi connectivity index (χ1) is 13.9. The summed E-state index contributed by atoms with van der Waals surface area (Å²) in [4.78, 5) is 12.2. The molecule has 1 amide bonds. The molecule has 0 unspecified atom stereocenters. The highest BCUT2D eigenvalue weighted by Gasteiger charge is 2.26. The molecule has 0 atom stereocenters. The number of furan rings is 1. The molecule has 29 heavy (non-hydrogen) atoms. The van der Waals surface area contributed by atoms with Gasteiger partial charge in [-0.05, 0) is 16.8 Å². The highest BCUT2D eigenvalue weighted by Crippen LogP contribution is 2.30. The van der Waals surface area contributed by atoms with Crippen LogP contribution in [0.1, 0.15) is 5.56 Å². The lowest BCUT2D eigenvalue weighted by Crippen LogP contribution is -2.32. The van der Waals surface area contributed by atoms with Gasteiger partial charge in [0.15, 0.2) is 23.3 Å². The van der Waals surface area contributed by atoms with Gasteiger partial charge < -0.3 is 4.42 Å². The van der Waals surface area contributed by atoms with Gasteiger partial charge in [-0.25, -0.2) is 22.0 Å². The Labute approximate surface area is 159 Å². The summed E-state index contributed by atoms with van der Waals surface area (Å²) in [6, 6.07) is 11.0. The monoisotopic (exact) mass is 406 g/mol. The fourth-order valence-electron chi connectivity index (χ4n) is 3.07. The first-order valence-corrected chi connectivity index (χ1v) is 8.32. The summed E-state index contributed by atoms with van der Waals surface area (Å²) in [5.74, 6) is -11.5. The maximum atomic E-state index is 13.7. The normalized spacial score (nSPS) is 11.2. The number of hydrogen-bond donors (Lipinski definition) is 2. The summed E-state index contributed by atoms with van der Waals surface area (Å²) in [5.41, 5.74) is 3.39. The van der Waals surface area contributed by atoms with Crippen molar-refractivity contribution in [1.82, 2.24) is 5.43 Å². The number of benzene rings is 3. The third kappa shape index (κ3) is 3.14. The second-order valence-corrected chi connectivity index (χ2v) is 6.22. The summed E-state index contributed by atoms with van der Waals surface area (Å²) in [6.07, 6.45) is 1.11. The Morgan fingerprint density at radius 1 is 0.862 bits per heavy atom. The van der Waals surface area contributed by atoms with Crippen LogP contribution in [0.2, 0.25) is 0 Å². The van der Waals surface area contributed by atoms with Crippen molar-refractivity contribution in [3.8, 4) is 0 Å². The second kappa shape index (κ2) is 7.08. The van der Waals surface area contributed by atoms with E-state index in [1.54, 1.807) is 11.5 Å². The van der Waals surface area contributed by atoms with Gasteiger partial charge in [0.25, 0.3) is 0 Å². The topological polar surface area (TPSA) is 54.3 Å². The zero-order valence-electron chi connectivity index (χ0n) is 14.5. The second-order valence-electron chi connectivity index (χ2n) is 6.22. The number of anilines is 1. The van der Waals surface area contributed by atoms with Crippen molar-refractivity contribution in [1.29, 1.82) is 0 Å². The summed E-state index contributed by atoms with van der Waals surface area (Å²) < 4.78 is 72.3. The molecule has 0 aliphatic carbocycles. The van der Waals surface area contributed by atoms with Crippen molar-refractivity contribution in [3.05, 3.63) is 77.3 Å². The molecule has 0 saturated carbocycles. The average Bonchev–Trinajstić information content (AvgIpc) is 3.14. The van der Waals surface area contributed by atoms with Crippen molar-refractivity contribution < 1.29 is 31.2 Å². The van der Waals surface area contributed by atoms with Gasteiger partial charge in [0, 0.05) is 10.9 Å². The Kier molecular flexibility index (Phi) is 4.57. The molecule has 0 aliphatic rings. The van der Waals surface area contributed by atoms with E-state index in [0.717, 1.165) is 10.8 Å². The zero-order chi connectivity index (χ0) is 20.7. The molecule has 0 saturated heterocycles. The van der Waals surface area contributed by atoms with E-state index in [1.807, 2.05) is 35.8 Å². The molecule has 1 aromatic heterocycles. The van der Waals surface area contributed by atoms with E-state index in [4.69, 9.17) is 4.42 Å². The zero-order valence-corrected chi connectivity index (χ0v) is 14.5. The van der Waals surface area contributed by atoms with Crippen LogP contribution in [0.3, 0.4) is 0 Å². The highest BCUT2D eigenvalue weighted by molar-refractivity contribution is 6.08. The van der Waals surface area contributed by atoms with Gasteiger partial charge in [0.1, 0.15) is 11.3 Å². The lowest BCUT2D eigenvalue weighted by Gasteiger charge is -2.11. The van der Waals surface area contributed by atoms with Crippen molar-refractivity contribution in [2.45, 2.75) is 6.42 Å². The first kappa shape index (κ1) is 18.7. The molecule has 4 nitrogen and oxygen atoms in total. The molecule has 0 spiro atoms. The number of fused-ring (bicyclic) bond motifs is 3. The van der Waals surface area contributed by atoms with Crippen LogP contribution in [0.4, 0.5) is 27.6 Å². The molecule has 9 heteroatoms. The smallest absolute Gasteiger partial charge is 0.242 e. The predicted octanol–water partition coefficient (Wildman–Crippen LogP) is 4.97. The number of rotatable bonds is 4. The lowest BCUT2D eigenvalue weighted by atomic mass is 10.0. The third-order valence-electron chi connectivity index (χ3n) is 4.43. The van der Waals surface area contributed by atoms with Crippen LogP contribution in [-0.4, -0.2) is 5.91 Å².